The maximum atomic E-state index is 13.2. The standard InChI is InChI=1S/C24H20N6O2/c31-23-7-2-1-6-20(23)22-15-21(17-5-3-12-25-16-17)28-30(22)24(32)27-18-8-10-19(11-9-18)29-14-4-13-26-29/h1-14,16,22,31H,15H2,(H,27,32). The molecule has 32 heavy (non-hydrogen) atoms. The number of anilines is 1. The quantitative estimate of drug-likeness (QED) is 0.509. The molecule has 2 N–H and O–H groups in total. The van der Waals surface area contributed by atoms with Gasteiger partial charge in [-0.25, -0.2) is 14.5 Å². The van der Waals surface area contributed by atoms with Gasteiger partial charge in [-0.2, -0.15) is 10.2 Å². The van der Waals surface area contributed by atoms with Crippen LogP contribution >= 0.6 is 0 Å². The minimum Gasteiger partial charge on any atom is -0.508 e. The molecule has 0 aliphatic carbocycles. The number of hydrogen-bond donors (Lipinski definition) is 2. The molecule has 8 nitrogen and oxygen atoms in total. The van der Waals surface area contributed by atoms with E-state index in [0.29, 0.717) is 17.7 Å². The van der Waals surface area contributed by atoms with Crippen molar-refractivity contribution < 1.29 is 9.90 Å². The first-order valence-electron chi connectivity index (χ1n) is 10.1. The summed E-state index contributed by atoms with van der Waals surface area (Å²) in [5, 5.41) is 23.5. The number of urea groups is 1. The van der Waals surface area contributed by atoms with Crippen molar-refractivity contribution in [1.82, 2.24) is 19.8 Å². The number of para-hydroxylation sites is 1. The number of aromatic nitrogens is 3. The van der Waals surface area contributed by atoms with Crippen molar-refractivity contribution in [2.45, 2.75) is 12.5 Å². The molecule has 0 saturated carbocycles. The molecule has 0 saturated heterocycles. The number of aromatic hydroxyl groups is 1. The summed E-state index contributed by atoms with van der Waals surface area (Å²) in [5.41, 5.74) is 3.73. The van der Waals surface area contributed by atoms with E-state index < -0.39 is 6.04 Å². The third-order valence-electron chi connectivity index (χ3n) is 5.30. The first-order valence-corrected chi connectivity index (χ1v) is 10.1. The van der Waals surface area contributed by atoms with Crippen LogP contribution in [0.5, 0.6) is 5.75 Å². The summed E-state index contributed by atoms with van der Waals surface area (Å²) in [6.07, 6.45) is 7.44. The molecule has 5 rings (SSSR count). The van der Waals surface area contributed by atoms with Gasteiger partial charge in [0.15, 0.2) is 0 Å². The average molecular weight is 424 g/mol. The number of nitrogens with one attached hydrogen (secondary N) is 1. The third-order valence-corrected chi connectivity index (χ3v) is 5.30. The van der Waals surface area contributed by atoms with E-state index in [-0.39, 0.29) is 11.8 Å². The van der Waals surface area contributed by atoms with Gasteiger partial charge in [-0.05, 0) is 42.5 Å². The number of pyridine rings is 1. The molecule has 2 aromatic carbocycles. The monoisotopic (exact) mass is 424 g/mol. The van der Waals surface area contributed by atoms with Gasteiger partial charge in [0.25, 0.3) is 0 Å². The summed E-state index contributed by atoms with van der Waals surface area (Å²) in [7, 11) is 0. The molecule has 0 fully saturated rings. The number of benzene rings is 2. The highest BCUT2D eigenvalue weighted by Crippen LogP contribution is 2.37. The number of phenolic OH excluding ortho intramolecular Hbond substituents is 1. The van der Waals surface area contributed by atoms with Crippen LogP contribution in [0.4, 0.5) is 10.5 Å². The van der Waals surface area contributed by atoms with Crippen molar-refractivity contribution in [2.75, 3.05) is 5.32 Å². The number of carbonyl (C=O) groups excluding carboxylic acids is 1. The molecule has 158 valence electrons. The van der Waals surface area contributed by atoms with Gasteiger partial charge in [0.1, 0.15) is 5.75 Å². The second-order valence-corrected chi connectivity index (χ2v) is 7.34. The molecule has 8 heteroatoms. The Morgan fingerprint density at radius 3 is 2.56 bits per heavy atom. The number of amides is 2. The Balaban J connectivity index is 1.42. The van der Waals surface area contributed by atoms with E-state index in [1.165, 1.54) is 5.01 Å². The van der Waals surface area contributed by atoms with Gasteiger partial charge in [0.2, 0.25) is 0 Å². The van der Waals surface area contributed by atoms with E-state index in [4.69, 9.17) is 0 Å². The predicted octanol–water partition coefficient (Wildman–Crippen LogP) is 4.36. The number of carbonyl (C=O) groups is 1. The predicted molar refractivity (Wildman–Crippen MR) is 121 cm³/mol. The molecule has 4 aromatic rings. The van der Waals surface area contributed by atoms with E-state index in [1.54, 1.807) is 41.5 Å². The maximum absolute atomic E-state index is 13.2. The summed E-state index contributed by atoms with van der Waals surface area (Å²) in [6.45, 7) is 0. The largest absolute Gasteiger partial charge is 0.508 e. The Morgan fingerprint density at radius 1 is 1.00 bits per heavy atom. The van der Waals surface area contributed by atoms with Gasteiger partial charge in [-0.15, -0.1) is 0 Å². The molecule has 3 heterocycles. The van der Waals surface area contributed by atoms with E-state index in [1.807, 2.05) is 54.7 Å². The fraction of sp³-hybridized carbons (Fsp3) is 0.0833. The molecule has 1 aliphatic rings. The Labute approximate surface area is 184 Å². The molecular formula is C24H20N6O2. The summed E-state index contributed by atoms with van der Waals surface area (Å²) in [5.74, 6) is 0.126. The Kier molecular flexibility index (Phi) is 5.09. The molecule has 1 aliphatic heterocycles. The van der Waals surface area contributed by atoms with Gasteiger partial charge in [-0.3, -0.25) is 4.98 Å². The minimum absolute atomic E-state index is 0.126. The Bertz CT molecular complexity index is 1250. The zero-order valence-electron chi connectivity index (χ0n) is 17.0. The molecule has 2 amide bonds. The van der Waals surface area contributed by atoms with E-state index in [2.05, 4.69) is 20.5 Å². The summed E-state index contributed by atoms with van der Waals surface area (Å²) in [4.78, 5) is 17.3. The van der Waals surface area contributed by atoms with Gasteiger partial charge in [0, 0.05) is 48.0 Å². The van der Waals surface area contributed by atoms with Crippen LogP contribution < -0.4 is 5.32 Å². The topological polar surface area (TPSA) is 95.6 Å². The van der Waals surface area contributed by atoms with Crippen LogP contribution in [0.3, 0.4) is 0 Å². The first kappa shape index (κ1) is 19.5. The lowest BCUT2D eigenvalue weighted by atomic mass is 9.98. The summed E-state index contributed by atoms with van der Waals surface area (Å²) < 4.78 is 1.74. The third kappa shape index (κ3) is 3.81. The maximum Gasteiger partial charge on any atom is 0.342 e. The molecular weight excluding hydrogens is 404 g/mol. The van der Waals surface area contributed by atoms with Crippen molar-refractivity contribution in [3.8, 4) is 11.4 Å². The van der Waals surface area contributed by atoms with Crippen LogP contribution in [-0.2, 0) is 0 Å². The van der Waals surface area contributed by atoms with Gasteiger partial charge in [0.05, 0.1) is 17.4 Å². The van der Waals surface area contributed by atoms with Crippen molar-refractivity contribution >= 4 is 17.4 Å². The van der Waals surface area contributed by atoms with Crippen molar-refractivity contribution in [1.29, 1.82) is 0 Å². The molecule has 1 atom stereocenters. The number of rotatable bonds is 4. The van der Waals surface area contributed by atoms with Crippen molar-refractivity contribution in [3.05, 3.63) is 103 Å². The number of phenols is 1. The fourth-order valence-electron chi connectivity index (χ4n) is 3.72. The van der Waals surface area contributed by atoms with Crippen LogP contribution in [0.15, 0.2) is 96.6 Å². The lowest BCUT2D eigenvalue weighted by Crippen LogP contribution is -2.31. The second-order valence-electron chi connectivity index (χ2n) is 7.34. The second kappa shape index (κ2) is 8.35. The molecule has 2 aromatic heterocycles. The van der Waals surface area contributed by atoms with Crippen LogP contribution in [0.1, 0.15) is 23.6 Å². The van der Waals surface area contributed by atoms with Gasteiger partial charge < -0.3 is 10.4 Å². The first-order chi connectivity index (χ1) is 15.7. The van der Waals surface area contributed by atoms with Crippen LogP contribution in [0.25, 0.3) is 5.69 Å². The molecule has 0 bridgehead atoms. The van der Waals surface area contributed by atoms with E-state index >= 15 is 0 Å². The zero-order valence-corrected chi connectivity index (χ0v) is 17.0. The van der Waals surface area contributed by atoms with Gasteiger partial charge >= 0.3 is 6.03 Å². The zero-order chi connectivity index (χ0) is 21.9. The lowest BCUT2D eigenvalue weighted by Gasteiger charge is -2.23. The van der Waals surface area contributed by atoms with E-state index in [0.717, 1.165) is 17.0 Å². The smallest absolute Gasteiger partial charge is 0.342 e. The highest BCUT2D eigenvalue weighted by atomic mass is 16.3. The van der Waals surface area contributed by atoms with Crippen molar-refractivity contribution in [3.63, 3.8) is 0 Å². The minimum atomic E-state index is -0.435. The molecule has 0 spiro atoms. The highest BCUT2D eigenvalue weighted by molar-refractivity contribution is 6.04. The summed E-state index contributed by atoms with van der Waals surface area (Å²) in [6, 6.07) is 19.1. The highest BCUT2D eigenvalue weighted by Gasteiger charge is 2.34. The fourth-order valence-corrected chi connectivity index (χ4v) is 3.72. The average Bonchev–Trinajstić information content (AvgIpc) is 3.51. The van der Waals surface area contributed by atoms with E-state index in [9.17, 15) is 9.90 Å². The number of hydrogen-bond acceptors (Lipinski definition) is 5. The number of nitrogens with zero attached hydrogens (tertiary/aromatic N) is 5. The molecule has 0 radical (unpaired) electrons. The lowest BCUT2D eigenvalue weighted by molar-refractivity contribution is 0.199. The van der Waals surface area contributed by atoms with Crippen molar-refractivity contribution in [2.24, 2.45) is 5.10 Å². The normalized spacial score (nSPS) is 15.4. The van der Waals surface area contributed by atoms with Crippen LogP contribution in [0.2, 0.25) is 0 Å². The Morgan fingerprint density at radius 2 is 1.84 bits per heavy atom. The number of hydrazone groups is 1. The molecule has 1 unspecified atom stereocenters. The van der Waals surface area contributed by atoms with Crippen LogP contribution in [-0.4, -0.2) is 36.6 Å². The summed E-state index contributed by atoms with van der Waals surface area (Å²) >= 11 is 0. The Hall–Kier alpha value is -4.46. The van der Waals surface area contributed by atoms with Crippen LogP contribution in [0, 0.1) is 0 Å². The van der Waals surface area contributed by atoms with Gasteiger partial charge in [-0.1, -0.05) is 24.3 Å². The SMILES string of the molecule is O=C(Nc1ccc(-n2cccn2)cc1)N1N=C(c2cccnc2)CC1c1ccccc1O.